The Kier molecular flexibility index (Phi) is 10.5. The van der Waals surface area contributed by atoms with Crippen molar-refractivity contribution in [1.29, 1.82) is 0 Å². The number of aliphatic imine (C=N–C) groups is 1. The zero-order valence-corrected chi connectivity index (χ0v) is 12.8. The van der Waals surface area contributed by atoms with Crippen molar-refractivity contribution in [3.8, 4) is 0 Å². The Balaban J connectivity index is 3.52. The van der Waals surface area contributed by atoms with Crippen molar-refractivity contribution >= 4 is 15.8 Å². The highest BCUT2D eigenvalue weighted by molar-refractivity contribution is 7.90. The van der Waals surface area contributed by atoms with Gasteiger partial charge in [-0.2, -0.15) is 0 Å². The van der Waals surface area contributed by atoms with Gasteiger partial charge in [-0.1, -0.05) is 0 Å². The van der Waals surface area contributed by atoms with Crippen molar-refractivity contribution in [2.45, 2.75) is 6.92 Å². The Morgan fingerprint density at radius 1 is 1.11 bits per heavy atom. The Morgan fingerprint density at radius 2 is 1.68 bits per heavy atom. The van der Waals surface area contributed by atoms with Crippen LogP contribution in [0.1, 0.15) is 6.92 Å². The van der Waals surface area contributed by atoms with Crippen LogP contribution < -0.4 is 10.6 Å². The minimum Gasteiger partial charge on any atom is -0.380 e. The van der Waals surface area contributed by atoms with E-state index in [1.54, 1.807) is 7.05 Å². The maximum absolute atomic E-state index is 10.9. The molecule has 19 heavy (non-hydrogen) atoms. The molecule has 0 aliphatic rings. The maximum atomic E-state index is 10.9. The molecule has 0 bridgehead atoms. The normalized spacial score (nSPS) is 12.5. The summed E-state index contributed by atoms with van der Waals surface area (Å²) in [6.07, 6.45) is 1.19. The summed E-state index contributed by atoms with van der Waals surface area (Å²) in [6.45, 7) is 5.17. The maximum Gasteiger partial charge on any atom is 0.191 e. The zero-order valence-electron chi connectivity index (χ0n) is 11.9. The van der Waals surface area contributed by atoms with Crippen molar-refractivity contribution < 1.29 is 17.9 Å². The van der Waals surface area contributed by atoms with Crippen LogP contribution in [0.2, 0.25) is 0 Å². The van der Waals surface area contributed by atoms with Crippen molar-refractivity contribution in [1.82, 2.24) is 10.6 Å². The largest absolute Gasteiger partial charge is 0.380 e. The molecule has 8 heteroatoms. The predicted molar refractivity (Wildman–Crippen MR) is 76.4 cm³/mol. The highest BCUT2D eigenvalue weighted by Gasteiger charge is 2.01. The van der Waals surface area contributed by atoms with Gasteiger partial charge < -0.3 is 20.1 Å². The molecule has 7 nitrogen and oxygen atoms in total. The molecule has 114 valence electrons. The van der Waals surface area contributed by atoms with Crippen molar-refractivity contribution in [2.75, 3.05) is 58.6 Å². The number of hydrogen-bond donors (Lipinski definition) is 2. The first-order valence-corrected chi connectivity index (χ1v) is 8.33. The third-order valence-electron chi connectivity index (χ3n) is 2.10. The number of nitrogens with one attached hydrogen (secondary N) is 2. The van der Waals surface area contributed by atoms with Crippen molar-refractivity contribution in [3.63, 3.8) is 0 Å². The fourth-order valence-electron chi connectivity index (χ4n) is 1.16. The van der Waals surface area contributed by atoms with E-state index in [2.05, 4.69) is 15.6 Å². The summed E-state index contributed by atoms with van der Waals surface area (Å²) in [4.78, 5) is 4.03. The van der Waals surface area contributed by atoms with Gasteiger partial charge in [0.25, 0.3) is 0 Å². The Labute approximate surface area is 115 Å². The Bertz CT molecular complexity index is 344. The van der Waals surface area contributed by atoms with Crippen LogP contribution in [0.4, 0.5) is 0 Å². The van der Waals surface area contributed by atoms with Crippen LogP contribution in [0.3, 0.4) is 0 Å². The van der Waals surface area contributed by atoms with Gasteiger partial charge in [0.05, 0.1) is 25.6 Å². The number of nitrogens with zero attached hydrogens (tertiary/aromatic N) is 1. The smallest absolute Gasteiger partial charge is 0.191 e. The fraction of sp³-hybridized carbons (Fsp3) is 0.909. The fourth-order valence-corrected chi connectivity index (χ4v) is 1.58. The Hall–Kier alpha value is -0.860. The topological polar surface area (TPSA) is 89.0 Å². The standard InChI is InChI=1S/C11H25N3O4S/c1-4-17-7-5-13-11(12-2)14-6-8-18-9-10-19(3,15)16/h4-10H2,1-3H3,(H2,12,13,14). The second-order valence-corrected chi connectivity index (χ2v) is 6.12. The van der Waals surface area contributed by atoms with Crippen molar-refractivity contribution in [3.05, 3.63) is 0 Å². The summed E-state index contributed by atoms with van der Waals surface area (Å²) in [5.74, 6) is 0.723. The number of ether oxygens (including phenoxy) is 2. The number of rotatable bonds is 10. The summed E-state index contributed by atoms with van der Waals surface area (Å²) >= 11 is 0. The van der Waals surface area contributed by atoms with Gasteiger partial charge in [-0.15, -0.1) is 0 Å². The number of guanidine groups is 1. The van der Waals surface area contributed by atoms with Gasteiger partial charge in [-0.3, -0.25) is 4.99 Å². The van der Waals surface area contributed by atoms with Crippen molar-refractivity contribution in [2.24, 2.45) is 4.99 Å². The summed E-state index contributed by atoms with van der Waals surface area (Å²) in [7, 11) is -1.26. The average Bonchev–Trinajstić information content (AvgIpc) is 2.34. The second-order valence-electron chi connectivity index (χ2n) is 3.86. The molecule has 0 heterocycles. The van der Waals surface area contributed by atoms with Crippen LogP contribution >= 0.6 is 0 Å². The molecule has 2 N–H and O–H groups in total. The summed E-state index contributed by atoms with van der Waals surface area (Å²) in [5.41, 5.74) is 0. The van der Waals surface area contributed by atoms with Gasteiger partial charge >= 0.3 is 0 Å². The zero-order chi connectivity index (χ0) is 14.6. The van der Waals surface area contributed by atoms with E-state index in [4.69, 9.17) is 9.47 Å². The highest BCUT2D eigenvalue weighted by Crippen LogP contribution is 1.83. The first-order valence-electron chi connectivity index (χ1n) is 6.27. The number of hydrogen-bond acceptors (Lipinski definition) is 5. The minimum absolute atomic E-state index is 0.0499. The van der Waals surface area contributed by atoms with E-state index >= 15 is 0 Å². The van der Waals surface area contributed by atoms with E-state index < -0.39 is 9.84 Å². The van der Waals surface area contributed by atoms with Crippen LogP contribution in [0.15, 0.2) is 4.99 Å². The van der Waals surface area contributed by atoms with E-state index in [1.165, 1.54) is 6.26 Å². The van der Waals surface area contributed by atoms with Gasteiger partial charge in [-0.25, -0.2) is 8.42 Å². The van der Waals surface area contributed by atoms with E-state index in [1.807, 2.05) is 6.92 Å². The van der Waals surface area contributed by atoms with E-state index in [-0.39, 0.29) is 12.4 Å². The predicted octanol–water partition coefficient (Wildman–Crippen LogP) is -0.751. The molecule has 0 aromatic heterocycles. The monoisotopic (exact) mass is 295 g/mol. The van der Waals surface area contributed by atoms with Crippen LogP contribution in [0.25, 0.3) is 0 Å². The lowest BCUT2D eigenvalue weighted by Gasteiger charge is -2.11. The summed E-state index contributed by atoms with van der Waals surface area (Å²) in [6, 6.07) is 0. The third-order valence-corrected chi connectivity index (χ3v) is 3.01. The molecule has 0 rings (SSSR count). The quantitative estimate of drug-likeness (QED) is 0.313. The first kappa shape index (κ1) is 18.1. The highest BCUT2D eigenvalue weighted by atomic mass is 32.2. The molecule has 0 fully saturated rings. The van der Waals surface area contributed by atoms with Gasteiger partial charge in [0, 0.05) is 33.0 Å². The van der Waals surface area contributed by atoms with Gasteiger partial charge in [0.2, 0.25) is 0 Å². The lowest BCUT2D eigenvalue weighted by atomic mass is 10.6. The SMILES string of the molecule is CCOCCNC(=NC)NCCOCCS(C)(=O)=O. The lowest BCUT2D eigenvalue weighted by molar-refractivity contribution is 0.151. The molecule has 0 spiro atoms. The first-order chi connectivity index (χ1) is 8.99. The summed E-state index contributed by atoms with van der Waals surface area (Å²) in [5, 5.41) is 6.13. The minimum atomic E-state index is -2.95. The third kappa shape index (κ3) is 13.4. The van der Waals surface area contributed by atoms with Crippen LogP contribution in [0, 0.1) is 0 Å². The molecule has 0 aliphatic heterocycles. The van der Waals surface area contributed by atoms with Crippen LogP contribution in [0.5, 0.6) is 0 Å². The molecule has 0 unspecified atom stereocenters. The molecule has 0 saturated heterocycles. The van der Waals surface area contributed by atoms with E-state index in [9.17, 15) is 8.42 Å². The molecule has 0 amide bonds. The van der Waals surface area contributed by atoms with Crippen LogP contribution in [-0.2, 0) is 19.3 Å². The molecule has 0 radical (unpaired) electrons. The second kappa shape index (κ2) is 11.0. The lowest BCUT2D eigenvalue weighted by Crippen LogP contribution is -2.40. The molecule has 0 aliphatic carbocycles. The molecule has 0 saturated carbocycles. The van der Waals surface area contributed by atoms with E-state index in [0.717, 1.165) is 0 Å². The average molecular weight is 295 g/mol. The molecule has 0 aromatic rings. The van der Waals surface area contributed by atoms with Gasteiger partial charge in [0.1, 0.15) is 9.84 Å². The van der Waals surface area contributed by atoms with E-state index in [0.29, 0.717) is 38.9 Å². The number of sulfone groups is 1. The van der Waals surface area contributed by atoms with Gasteiger partial charge in [0.15, 0.2) is 5.96 Å². The summed E-state index contributed by atoms with van der Waals surface area (Å²) < 4.78 is 32.1. The van der Waals surface area contributed by atoms with Crippen LogP contribution in [-0.4, -0.2) is 73.0 Å². The van der Waals surface area contributed by atoms with Gasteiger partial charge in [-0.05, 0) is 6.92 Å². The molecular formula is C11H25N3O4S. The Morgan fingerprint density at radius 3 is 2.16 bits per heavy atom. The molecule has 0 aromatic carbocycles. The molecular weight excluding hydrogens is 270 g/mol. The molecule has 0 atom stereocenters.